The fraction of sp³-hybridized carbons (Fsp3) is 0.500. The van der Waals surface area contributed by atoms with Gasteiger partial charge in [-0.05, 0) is 38.0 Å². The highest BCUT2D eigenvalue weighted by Crippen LogP contribution is 2.20. The molecule has 8 heteroatoms. The number of pyridine rings is 1. The summed E-state index contributed by atoms with van der Waals surface area (Å²) in [6, 6.07) is 4.49. The maximum atomic E-state index is 13.1. The zero-order valence-corrected chi connectivity index (χ0v) is 18.0. The van der Waals surface area contributed by atoms with Gasteiger partial charge in [0.05, 0.1) is 10.4 Å². The molecule has 1 amide bonds. The van der Waals surface area contributed by atoms with E-state index in [9.17, 15) is 18.0 Å². The van der Waals surface area contributed by atoms with Crippen molar-refractivity contribution in [3.63, 3.8) is 0 Å². The summed E-state index contributed by atoms with van der Waals surface area (Å²) in [7, 11) is -0.798. The van der Waals surface area contributed by atoms with Gasteiger partial charge in [-0.1, -0.05) is 13.8 Å². The van der Waals surface area contributed by atoms with Crippen molar-refractivity contribution in [1.82, 2.24) is 13.8 Å². The molecule has 7 nitrogen and oxygen atoms in total. The van der Waals surface area contributed by atoms with E-state index in [1.807, 2.05) is 25.3 Å². The van der Waals surface area contributed by atoms with Crippen molar-refractivity contribution < 1.29 is 13.2 Å². The van der Waals surface area contributed by atoms with Gasteiger partial charge in [-0.2, -0.15) is 0 Å². The topological polar surface area (TPSA) is 79.7 Å². The molecule has 2 rings (SSSR count). The lowest BCUT2D eigenvalue weighted by molar-refractivity contribution is 0.0753. The number of carbonyl (C=O) groups is 1. The zero-order valence-electron chi connectivity index (χ0n) is 17.2. The Bertz CT molecular complexity index is 1020. The number of rotatable bonds is 8. The SMILES string of the molecule is CCCN(CCC)C(=O)c1cn(CC)c2ccc(S(=O)(=O)N(C)C)cc2c1=O. The number of fused-ring (bicyclic) bond motifs is 1. The van der Waals surface area contributed by atoms with E-state index in [2.05, 4.69) is 0 Å². The van der Waals surface area contributed by atoms with Crippen LogP contribution < -0.4 is 5.43 Å². The molecule has 1 heterocycles. The number of amides is 1. The Morgan fingerprint density at radius 1 is 1.07 bits per heavy atom. The molecule has 0 unspecified atom stereocenters. The maximum Gasteiger partial charge on any atom is 0.259 e. The Morgan fingerprint density at radius 3 is 2.18 bits per heavy atom. The van der Waals surface area contributed by atoms with Crippen LogP contribution in [0.4, 0.5) is 0 Å². The standard InChI is InChI=1S/C20H29N3O4S/c1-6-11-23(12-7-2)20(25)17-14-22(8-3)18-10-9-15(13-16(18)19(17)24)28(26,27)21(4)5/h9-10,13-14H,6-8,11-12H2,1-5H3. The number of hydrogen-bond donors (Lipinski definition) is 0. The van der Waals surface area contributed by atoms with Crippen molar-refractivity contribution in [1.29, 1.82) is 0 Å². The fourth-order valence-corrected chi connectivity index (χ4v) is 4.12. The van der Waals surface area contributed by atoms with E-state index in [1.165, 1.54) is 26.2 Å². The van der Waals surface area contributed by atoms with Gasteiger partial charge in [-0.3, -0.25) is 9.59 Å². The van der Waals surface area contributed by atoms with E-state index in [-0.39, 0.29) is 21.8 Å². The molecule has 0 aliphatic rings. The summed E-state index contributed by atoms with van der Waals surface area (Å²) >= 11 is 0. The van der Waals surface area contributed by atoms with Gasteiger partial charge in [0.25, 0.3) is 5.91 Å². The second-order valence-electron chi connectivity index (χ2n) is 6.92. The Balaban J connectivity index is 2.74. The highest BCUT2D eigenvalue weighted by Gasteiger charge is 2.23. The molecule has 0 fully saturated rings. The van der Waals surface area contributed by atoms with Crippen molar-refractivity contribution in [2.45, 2.75) is 45.1 Å². The number of hydrogen-bond acceptors (Lipinski definition) is 4. The molecule has 0 saturated carbocycles. The van der Waals surface area contributed by atoms with Gasteiger partial charge in [0.1, 0.15) is 5.56 Å². The van der Waals surface area contributed by atoms with Gasteiger partial charge >= 0.3 is 0 Å². The van der Waals surface area contributed by atoms with Gasteiger partial charge in [0, 0.05) is 45.3 Å². The largest absolute Gasteiger partial charge is 0.347 e. The second kappa shape index (κ2) is 8.87. The summed E-state index contributed by atoms with van der Waals surface area (Å²) < 4.78 is 27.9. The van der Waals surface area contributed by atoms with E-state index < -0.39 is 15.5 Å². The Morgan fingerprint density at radius 2 is 1.68 bits per heavy atom. The Hall–Kier alpha value is -2.19. The Labute approximate surface area is 166 Å². The van der Waals surface area contributed by atoms with Crippen LogP contribution in [0.25, 0.3) is 10.9 Å². The highest BCUT2D eigenvalue weighted by molar-refractivity contribution is 7.89. The van der Waals surface area contributed by atoms with Crippen molar-refractivity contribution in [3.05, 3.63) is 40.2 Å². The Kier molecular flexibility index (Phi) is 7.01. The minimum absolute atomic E-state index is 0.0355. The minimum atomic E-state index is -3.68. The summed E-state index contributed by atoms with van der Waals surface area (Å²) in [4.78, 5) is 27.9. The fourth-order valence-electron chi connectivity index (χ4n) is 3.19. The smallest absolute Gasteiger partial charge is 0.259 e. The first-order chi connectivity index (χ1) is 13.2. The lowest BCUT2D eigenvalue weighted by Crippen LogP contribution is -2.36. The predicted molar refractivity (Wildman–Crippen MR) is 111 cm³/mol. The third-order valence-corrected chi connectivity index (χ3v) is 6.49. The van der Waals surface area contributed by atoms with Gasteiger partial charge in [-0.15, -0.1) is 0 Å². The van der Waals surface area contributed by atoms with Crippen LogP contribution in [0.5, 0.6) is 0 Å². The molecule has 0 N–H and O–H groups in total. The summed E-state index contributed by atoms with van der Waals surface area (Å²) in [5.41, 5.74) is 0.257. The monoisotopic (exact) mass is 407 g/mol. The van der Waals surface area contributed by atoms with Gasteiger partial charge in [0.15, 0.2) is 0 Å². The average molecular weight is 408 g/mol. The first kappa shape index (κ1) is 22.1. The van der Waals surface area contributed by atoms with Crippen molar-refractivity contribution in [2.75, 3.05) is 27.2 Å². The van der Waals surface area contributed by atoms with E-state index >= 15 is 0 Å². The molecule has 0 saturated heterocycles. The molecule has 154 valence electrons. The molecule has 1 aromatic carbocycles. The number of aryl methyl sites for hydroxylation is 1. The third kappa shape index (κ3) is 4.12. The number of nitrogens with zero attached hydrogens (tertiary/aromatic N) is 3. The van der Waals surface area contributed by atoms with Gasteiger partial charge in [-0.25, -0.2) is 12.7 Å². The van der Waals surface area contributed by atoms with Crippen LogP contribution >= 0.6 is 0 Å². The lowest BCUT2D eigenvalue weighted by Gasteiger charge is -2.22. The van der Waals surface area contributed by atoms with E-state index in [1.54, 1.807) is 17.2 Å². The number of aromatic nitrogens is 1. The van der Waals surface area contributed by atoms with Crippen LogP contribution in [-0.4, -0.2) is 55.3 Å². The quantitative estimate of drug-likeness (QED) is 0.674. The minimum Gasteiger partial charge on any atom is -0.347 e. The van der Waals surface area contributed by atoms with Gasteiger partial charge in [0.2, 0.25) is 15.5 Å². The molecule has 1 aromatic heterocycles. The molecule has 2 aromatic rings. The number of benzene rings is 1. The molecule has 28 heavy (non-hydrogen) atoms. The van der Waals surface area contributed by atoms with E-state index in [0.29, 0.717) is 25.2 Å². The molecular weight excluding hydrogens is 378 g/mol. The highest BCUT2D eigenvalue weighted by atomic mass is 32.2. The second-order valence-corrected chi connectivity index (χ2v) is 9.07. The first-order valence-electron chi connectivity index (χ1n) is 9.57. The molecule has 0 aliphatic heterocycles. The lowest BCUT2D eigenvalue weighted by atomic mass is 10.1. The van der Waals surface area contributed by atoms with Crippen LogP contribution in [0.15, 0.2) is 34.1 Å². The van der Waals surface area contributed by atoms with Crippen LogP contribution in [0, 0.1) is 0 Å². The molecule has 0 aliphatic carbocycles. The van der Waals surface area contributed by atoms with Crippen molar-refractivity contribution in [2.24, 2.45) is 0 Å². The maximum absolute atomic E-state index is 13.1. The van der Waals surface area contributed by atoms with Crippen molar-refractivity contribution in [3.8, 4) is 0 Å². The third-order valence-electron chi connectivity index (χ3n) is 4.68. The molecule has 0 atom stereocenters. The van der Waals surface area contributed by atoms with Crippen LogP contribution in [0.2, 0.25) is 0 Å². The van der Waals surface area contributed by atoms with E-state index in [0.717, 1.165) is 17.1 Å². The zero-order chi connectivity index (χ0) is 21.1. The van der Waals surface area contributed by atoms with Gasteiger partial charge < -0.3 is 9.47 Å². The number of carbonyl (C=O) groups excluding carboxylic acids is 1. The van der Waals surface area contributed by atoms with E-state index in [4.69, 9.17) is 0 Å². The molecule has 0 spiro atoms. The van der Waals surface area contributed by atoms with Crippen LogP contribution in [0.3, 0.4) is 0 Å². The average Bonchev–Trinajstić information content (AvgIpc) is 2.67. The summed E-state index contributed by atoms with van der Waals surface area (Å²) in [5.74, 6) is -0.307. The van der Waals surface area contributed by atoms with Crippen LogP contribution in [-0.2, 0) is 16.6 Å². The molecule has 0 bridgehead atoms. The summed E-state index contributed by atoms with van der Waals surface area (Å²) in [5, 5.41) is 0.239. The predicted octanol–water partition coefficient (Wildman–Crippen LogP) is 2.53. The first-order valence-corrected chi connectivity index (χ1v) is 11.0. The molecular formula is C20H29N3O4S. The number of sulfonamides is 1. The normalized spacial score (nSPS) is 11.9. The van der Waals surface area contributed by atoms with Crippen LogP contribution in [0.1, 0.15) is 44.0 Å². The summed E-state index contributed by atoms with van der Waals surface area (Å²) in [6.07, 6.45) is 3.18. The molecule has 0 radical (unpaired) electrons. The van der Waals surface area contributed by atoms with Crippen molar-refractivity contribution >= 4 is 26.8 Å². The summed E-state index contributed by atoms with van der Waals surface area (Å²) in [6.45, 7) is 7.59.